The summed E-state index contributed by atoms with van der Waals surface area (Å²) < 4.78 is 22.4. The summed E-state index contributed by atoms with van der Waals surface area (Å²) in [4.78, 5) is 7.61. The second-order valence-corrected chi connectivity index (χ2v) is 8.21. The van der Waals surface area contributed by atoms with Gasteiger partial charge < -0.3 is 10.2 Å². The molecule has 0 saturated carbocycles. The third-order valence-corrected chi connectivity index (χ3v) is 4.67. The van der Waals surface area contributed by atoms with Crippen LogP contribution in [0.15, 0.2) is 34.2 Å². The van der Waals surface area contributed by atoms with Gasteiger partial charge in [0.1, 0.15) is 9.84 Å². The molecule has 0 bridgehead atoms. The summed E-state index contributed by atoms with van der Waals surface area (Å²) in [6.45, 7) is 3.73. The maximum atomic E-state index is 11.2. The number of thioether (sulfide) groups is 1. The molecule has 0 atom stereocenters. The van der Waals surface area contributed by atoms with Gasteiger partial charge in [0.2, 0.25) is 0 Å². The van der Waals surface area contributed by atoms with E-state index in [4.69, 9.17) is 0 Å². The fourth-order valence-corrected chi connectivity index (χ4v) is 2.70. The number of guanidine groups is 1. The zero-order chi connectivity index (χ0) is 16.6. The first-order valence-electron chi connectivity index (χ1n) is 7.16. The minimum absolute atomic E-state index is 0.0676. The lowest BCUT2D eigenvalue weighted by atomic mass is 10.2. The lowest BCUT2D eigenvalue weighted by Crippen LogP contribution is -2.38. The van der Waals surface area contributed by atoms with Crippen LogP contribution in [0.1, 0.15) is 12.5 Å². The SMILES string of the molecule is CCNC(=NCCS(C)(=O)=O)N(C)Cc1ccc(SC)cc1. The molecule has 0 saturated heterocycles. The van der Waals surface area contributed by atoms with Gasteiger partial charge in [-0.25, -0.2) is 8.42 Å². The minimum atomic E-state index is -2.98. The van der Waals surface area contributed by atoms with Crippen LogP contribution in [0.4, 0.5) is 0 Å². The predicted octanol–water partition coefficient (Wildman–Crippen LogP) is 1.85. The Morgan fingerprint density at radius 3 is 2.45 bits per heavy atom. The van der Waals surface area contributed by atoms with Crippen molar-refractivity contribution in [1.82, 2.24) is 10.2 Å². The highest BCUT2D eigenvalue weighted by Gasteiger charge is 2.07. The normalized spacial score (nSPS) is 12.3. The topological polar surface area (TPSA) is 61.8 Å². The van der Waals surface area contributed by atoms with Gasteiger partial charge in [0.05, 0.1) is 12.3 Å². The Morgan fingerprint density at radius 2 is 1.95 bits per heavy atom. The van der Waals surface area contributed by atoms with Crippen LogP contribution in [0.3, 0.4) is 0 Å². The fraction of sp³-hybridized carbons (Fsp3) is 0.533. The molecule has 0 unspecified atom stereocenters. The molecule has 5 nitrogen and oxygen atoms in total. The lowest BCUT2D eigenvalue weighted by molar-refractivity contribution is 0.477. The van der Waals surface area contributed by atoms with Crippen molar-refractivity contribution >= 4 is 27.6 Å². The van der Waals surface area contributed by atoms with Crippen LogP contribution in [-0.2, 0) is 16.4 Å². The van der Waals surface area contributed by atoms with Crippen LogP contribution in [-0.4, -0.2) is 57.7 Å². The van der Waals surface area contributed by atoms with E-state index in [1.165, 1.54) is 16.7 Å². The van der Waals surface area contributed by atoms with Crippen LogP contribution in [0, 0.1) is 0 Å². The van der Waals surface area contributed by atoms with E-state index < -0.39 is 9.84 Å². The van der Waals surface area contributed by atoms with Gasteiger partial charge >= 0.3 is 0 Å². The molecule has 0 heterocycles. The van der Waals surface area contributed by atoms with E-state index in [2.05, 4.69) is 40.8 Å². The molecule has 7 heteroatoms. The van der Waals surface area contributed by atoms with E-state index in [1.807, 2.05) is 18.9 Å². The molecule has 0 fully saturated rings. The van der Waals surface area contributed by atoms with Crippen molar-refractivity contribution in [2.45, 2.75) is 18.4 Å². The molecule has 0 radical (unpaired) electrons. The monoisotopic (exact) mass is 343 g/mol. The van der Waals surface area contributed by atoms with Crippen molar-refractivity contribution in [2.24, 2.45) is 4.99 Å². The molecule has 0 aliphatic rings. The molecule has 0 aromatic heterocycles. The minimum Gasteiger partial charge on any atom is -0.357 e. The van der Waals surface area contributed by atoms with Gasteiger partial charge in [-0.15, -0.1) is 11.8 Å². The van der Waals surface area contributed by atoms with E-state index in [-0.39, 0.29) is 12.3 Å². The molecule has 1 N–H and O–H groups in total. The zero-order valence-corrected chi connectivity index (χ0v) is 15.3. The van der Waals surface area contributed by atoms with Crippen molar-refractivity contribution in [3.63, 3.8) is 0 Å². The summed E-state index contributed by atoms with van der Waals surface area (Å²) in [6, 6.07) is 8.40. The van der Waals surface area contributed by atoms with E-state index in [0.717, 1.165) is 19.0 Å². The zero-order valence-electron chi connectivity index (χ0n) is 13.7. The summed E-state index contributed by atoms with van der Waals surface area (Å²) in [5.41, 5.74) is 1.19. The number of aliphatic imine (C=N–C) groups is 1. The average molecular weight is 344 g/mol. The number of sulfone groups is 1. The molecule has 1 aromatic rings. The Labute approximate surface area is 138 Å². The number of benzene rings is 1. The number of nitrogens with one attached hydrogen (secondary N) is 1. The van der Waals surface area contributed by atoms with Crippen molar-refractivity contribution in [3.05, 3.63) is 29.8 Å². The van der Waals surface area contributed by atoms with E-state index >= 15 is 0 Å². The smallest absolute Gasteiger partial charge is 0.193 e. The largest absolute Gasteiger partial charge is 0.357 e. The molecule has 1 aromatic carbocycles. The average Bonchev–Trinajstić information content (AvgIpc) is 2.46. The van der Waals surface area contributed by atoms with Crippen molar-refractivity contribution in [3.8, 4) is 0 Å². The van der Waals surface area contributed by atoms with Gasteiger partial charge in [0, 0.05) is 31.3 Å². The third-order valence-electron chi connectivity index (χ3n) is 3.00. The molecule has 0 aliphatic heterocycles. The molecule has 0 spiro atoms. The highest BCUT2D eigenvalue weighted by atomic mass is 32.2. The van der Waals surface area contributed by atoms with Crippen LogP contribution in [0.25, 0.3) is 0 Å². The van der Waals surface area contributed by atoms with Crippen LogP contribution in [0.2, 0.25) is 0 Å². The summed E-state index contributed by atoms with van der Waals surface area (Å²) in [5, 5.41) is 3.19. The van der Waals surface area contributed by atoms with Gasteiger partial charge in [-0.2, -0.15) is 0 Å². The van der Waals surface area contributed by atoms with Gasteiger partial charge in [0.15, 0.2) is 5.96 Å². The molecule has 0 aliphatic carbocycles. The molecule has 124 valence electrons. The molecule has 1 rings (SSSR count). The van der Waals surface area contributed by atoms with Crippen molar-refractivity contribution in [2.75, 3.05) is 38.4 Å². The maximum Gasteiger partial charge on any atom is 0.193 e. The number of nitrogens with zero attached hydrogens (tertiary/aromatic N) is 2. The van der Waals surface area contributed by atoms with Gasteiger partial charge in [-0.3, -0.25) is 4.99 Å². The summed E-state index contributed by atoms with van der Waals surface area (Å²) in [6.07, 6.45) is 3.28. The Kier molecular flexibility index (Phi) is 7.75. The van der Waals surface area contributed by atoms with Crippen molar-refractivity contribution in [1.29, 1.82) is 0 Å². The first-order chi connectivity index (χ1) is 10.4. The van der Waals surface area contributed by atoms with Gasteiger partial charge in [-0.1, -0.05) is 12.1 Å². The first kappa shape index (κ1) is 18.8. The molecule has 22 heavy (non-hydrogen) atoms. The Hall–Kier alpha value is -1.21. The summed E-state index contributed by atoms with van der Waals surface area (Å²) >= 11 is 1.72. The Balaban J connectivity index is 2.70. The van der Waals surface area contributed by atoms with Crippen LogP contribution in [0.5, 0.6) is 0 Å². The van der Waals surface area contributed by atoms with Gasteiger partial charge in [0.25, 0.3) is 0 Å². The van der Waals surface area contributed by atoms with Crippen LogP contribution < -0.4 is 5.32 Å². The Bertz CT molecular complexity index is 583. The highest BCUT2D eigenvalue weighted by Crippen LogP contribution is 2.15. The predicted molar refractivity (Wildman–Crippen MR) is 95.4 cm³/mol. The quantitative estimate of drug-likeness (QED) is 0.465. The van der Waals surface area contributed by atoms with E-state index in [9.17, 15) is 8.42 Å². The fourth-order valence-electron chi connectivity index (χ4n) is 1.87. The second-order valence-electron chi connectivity index (χ2n) is 5.07. The number of rotatable bonds is 7. The molecular formula is C15H25N3O2S2. The summed E-state index contributed by atoms with van der Waals surface area (Å²) in [7, 11) is -1.03. The van der Waals surface area contributed by atoms with Crippen molar-refractivity contribution < 1.29 is 8.42 Å². The number of hydrogen-bond acceptors (Lipinski definition) is 4. The lowest BCUT2D eigenvalue weighted by Gasteiger charge is -2.22. The first-order valence-corrected chi connectivity index (χ1v) is 10.4. The van der Waals surface area contributed by atoms with Gasteiger partial charge in [-0.05, 0) is 30.9 Å². The van der Waals surface area contributed by atoms with Crippen LogP contribution >= 0.6 is 11.8 Å². The van der Waals surface area contributed by atoms with E-state index in [1.54, 1.807) is 11.8 Å². The summed E-state index contributed by atoms with van der Waals surface area (Å²) in [5.74, 6) is 0.790. The Morgan fingerprint density at radius 1 is 1.32 bits per heavy atom. The third kappa shape index (κ3) is 7.17. The molecule has 0 amide bonds. The molecular weight excluding hydrogens is 318 g/mol. The standard InChI is InChI=1S/C15H25N3O2S2/c1-5-16-15(17-10-11-22(4,19)20)18(2)12-13-6-8-14(21-3)9-7-13/h6-9H,5,10-12H2,1-4H3,(H,16,17). The maximum absolute atomic E-state index is 11.2. The second kappa shape index (κ2) is 9.05. The highest BCUT2D eigenvalue weighted by molar-refractivity contribution is 7.98. The number of hydrogen-bond donors (Lipinski definition) is 1. The van der Waals surface area contributed by atoms with E-state index in [0.29, 0.717) is 0 Å².